The average Bonchev–Trinajstić information content (AvgIpc) is 2.53. The van der Waals surface area contributed by atoms with Gasteiger partial charge in [0.2, 0.25) is 0 Å². The van der Waals surface area contributed by atoms with Crippen LogP contribution in [-0.2, 0) is 4.74 Å². The molecule has 0 spiro atoms. The van der Waals surface area contributed by atoms with Crippen molar-refractivity contribution in [2.45, 2.75) is 18.9 Å². The minimum Gasteiger partial charge on any atom is -0.366 e. The normalized spacial score (nSPS) is 22.0. The van der Waals surface area contributed by atoms with Crippen LogP contribution in [0, 0.1) is 17.2 Å². The van der Waals surface area contributed by atoms with Crippen molar-refractivity contribution in [3.63, 3.8) is 0 Å². The Balaban J connectivity index is 2.29. The lowest BCUT2D eigenvalue weighted by molar-refractivity contribution is 0.129. The Morgan fingerprint density at radius 2 is 2.38 bits per heavy atom. The molecule has 1 fully saturated rings. The third-order valence-corrected chi connectivity index (χ3v) is 1.43. The number of methoxy groups -OCH3 is 1. The molecular weight excluding hydrogens is 102 g/mol. The van der Waals surface area contributed by atoms with Crippen molar-refractivity contribution in [3.05, 3.63) is 0 Å². The fraction of sp³-hybridized carbons (Fsp3) is 0.833. The molecule has 0 aromatic rings. The third kappa shape index (κ3) is 0.988. The van der Waals surface area contributed by atoms with E-state index in [9.17, 15) is 0 Å². The van der Waals surface area contributed by atoms with E-state index >= 15 is 0 Å². The van der Waals surface area contributed by atoms with Gasteiger partial charge in [0.25, 0.3) is 0 Å². The molecule has 1 saturated carbocycles. The first-order valence-electron chi connectivity index (χ1n) is 2.81. The van der Waals surface area contributed by atoms with Gasteiger partial charge in [0.1, 0.15) is 6.10 Å². The molecule has 1 rings (SSSR count). The number of hydrogen-bond acceptors (Lipinski definition) is 2. The van der Waals surface area contributed by atoms with Gasteiger partial charge in [0, 0.05) is 7.11 Å². The molecule has 0 radical (unpaired) electrons. The predicted octanol–water partition coefficient (Wildman–Crippen LogP) is 0.935. The van der Waals surface area contributed by atoms with Crippen molar-refractivity contribution in [2.24, 2.45) is 5.92 Å². The Morgan fingerprint density at radius 3 is 2.50 bits per heavy atom. The lowest BCUT2D eigenvalue weighted by atomic mass is 10.3. The van der Waals surface area contributed by atoms with Crippen LogP contribution in [0.15, 0.2) is 0 Å². The molecule has 1 aliphatic rings. The summed E-state index contributed by atoms with van der Waals surface area (Å²) in [7, 11) is 1.59. The van der Waals surface area contributed by atoms with E-state index in [0.29, 0.717) is 5.92 Å². The molecule has 0 N–H and O–H groups in total. The number of nitriles is 1. The Bertz CT molecular complexity index is 112. The molecule has 1 atom stereocenters. The third-order valence-electron chi connectivity index (χ3n) is 1.43. The largest absolute Gasteiger partial charge is 0.366 e. The van der Waals surface area contributed by atoms with E-state index < -0.39 is 0 Å². The van der Waals surface area contributed by atoms with Crippen molar-refractivity contribution < 1.29 is 4.74 Å². The van der Waals surface area contributed by atoms with Gasteiger partial charge in [-0.2, -0.15) is 5.26 Å². The van der Waals surface area contributed by atoms with Gasteiger partial charge in [-0.25, -0.2) is 0 Å². The summed E-state index contributed by atoms with van der Waals surface area (Å²) in [4.78, 5) is 0. The summed E-state index contributed by atoms with van der Waals surface area (Å²) in [5.41, 5.74) is 0. The zero-order chi connectivity index (χ0) is 5.98. The summed E-state index contributed by atoms with van der Waals surface area (Å²) >= 11 is 0. The standard InChI is InChI=1S/C6H9NO/c1-8-6(4-7)5-2-3-5/h5-6H,2-3H2,1H3. The Hall–Kier alpha value is -0.550. The van der Waals surface area contributed by atoms with Crippen LogP contribution < -0.4 is 0 Å². The Labute approximate surface area is 49.1 Å². The van der Waals surface area contributed by atoms with Gasteiger partial charge in [0.05, 0.1) is 6.07 Å². The number of rotatable bonds is 2. The second-order valence-corrected chi connectivity index (χ2v) is 2.12. The molecule has 0 aromatic heterocycles. The van der Waals surface area contributed by atoms with E-state index in [-0.39, 0.29) is 6.10 Å². The van der Waals surface area contributed by atoms with Crippen molar-refractivity contribution in [1.82, 2.24) is 0 Å². The quantitative estimate of drug-likeness (QED) is 0.531. The van der Waals surface area contributed by atoms with Crippen LogP contribution in [0.3, 0.4) is 0 Å². The van der Waals surface area contributed by atoms with Crippen LogP contribution in [0.25, 0.3) is 0 Å². The predicted molar refractivity (Wildman–Crippen MR) is 29.1 cm³/mol. The topological polar surface area (TPSA) is 33.0 Å². The molecular formula is C6H9NO. The molecule has 0 bridgehead atoms. The first kappa shape index (κ1) is 5.58. The van der Waals surface area contributed by atoms with E-state index in [0.717, 1.165) is 0 Å². The van der Waals surface area contributed by atoms with Crippen molar-refractivity contribution in [3.8, 4) is 6.07 Å². The van der Waals surface area contributed by atoms with Crippen molar-refractivity contribution in [1.29, 1.82) is 5.26 Å². The molecule has 0 aromatic carbocycles. The van der Waals surface area contributed by atoms with Crippen LogP contribution in [0.2, 0.25) is 0 Å². The highest BCUT2D eigenvalue weighted by Gasteiger charge is 2.30. The van der Waals surface area contributed by atoms with Crippen LogP contribution in [0.1, 0.15) is 12.8 Å². The van der Waals surface area contributed by atoms with Crippen molar-refractivity contribution >= 4 is 0 Å². The van der Waals surface area contributed by atoms with Crippen LogP contribution in [0.5, 0.6) is 0 Å². The summed E-state index contributed by atoms with van der Waals surface area (Å²) in [6.45, 7) is 0. The smallest absolute Gasteiger partial charge is 0.146 e. The minimum atomic E-state index is -0.130. The molecule has 1 aliphatic carbocycles. The fourth-order valence-electron chi connectivity index (χ4n) is 0.750. The fourth-order valence-corrected chi connectivity index (χ4v) is 0.750. The van der Waals surface area contributed by atoms with Gasteiger partial charge in [-0.3, -0.25) is 0 Å². The summed E-state index contributed by atoms with van der Waals surface area (Å²) < 4.78 is 4.86. The maximum absolute atomic E-state index is 8.36. The van der Waals surface area contributed by atoms with Gasteiger partial charge < -0.3 is 4.74 Å². The minimum absolute atomic E-state index is 0.130. The second-order valence-electron chi connectivity index (χ2n) is 2.12. The van der Waals surface area contributed by atoms with Crippen LogP contribution in [-0.4, -0.2) is 13.2 Å². The number of ether oxygens (including phenoxy) is 1. The van der Waals surface area contributed by atoms with E-state index in [4.69, 9.17) is 10.00 Å². The molecule has 44 valence electrons. The summed E-state index contributed by atoms with van der Waals surface area (Å²) in [5.74, 6) is 0.546. The first-order chi connectivity index (χ1) is 3.88. The monoisotopic (exact) mass is 111 g/mol. The maximum Gasteiger partial charge on any atom is 0.146 e. The van der Waals surface area contributed by atoms with Gasteiger partial charge in [0.15, 0.2) is 0 Å². The Kier molecular flexibility index (Phi) is 1.50. The molecule has 0 amide bonds. The molecule has 0 heterocycles. The van der Waals surface area contributed by atoms with Crippen LogP contribution >= 0.6 is 0 Å². The lowest BCUT2D eigenvalue weighted by Crippen LogP contribution is -2.08. The summed E-state index contributed by atoms with van der Waals surface area (Å²) in [6, 6.07) is 2.09. The molecule has 8 heavy (non-hydrogen) atoms. The zero-order valence-corrected chi connectivity index (χ0v) is 4.92. The summed E-state index contributed by atoms with van der Waals surface area (Å²) in [6.07, 6.45) is 2.22. The maximum atomic E-state index is 8.36. The molecule has 1 unspecified atom stereocenters. The van der Waals surface area contributed by atoms with Gasteiger partial charge in [-0.1, -0.05) is 0 Å². The number of nitrogens with zero attached hydrogens (tertiary/aromatic N) is 1. The highest BCUT2D eigenvalue weighted by molar-refractivity contribution is 4.95. The molecule has 2 heteroatoms. The molecule has 2 nitrogen and oxygen atoms in total. The van der Waals surface area contributed by atoms with Gasteiger partial charge in [-0.05, 0) is 18.8 Å². The van der Waals surface area contributed by atoms with Crippen LogP contribution in [0.4, 0.5) is 0 Å². The highest BCUT2D eigenvalue weighted by Crippen LogP contribution is 2.33. The second kappa shape index (κ2) is 2.15. The molecule has 0 aliphatic heterocycles. The SMILES string of the molecule is COC(C#N)C1CC1. The average molecular weight is 111 g/mol. The Morgan fingerprint density at radius 1 is 1.75 bits per heavy atom. The number of hydrogen-bond donors (Lipinski definition) is 0. The van der Waals surface area contributed by atoms with Gasteiger partial charge in [-0.15, -0.1) is 0 Å². The first-order valence-corrected chi connectivity index (χ1v) is 2.81. The zero-order valence-electron chi connectivity index (χ0n) is 4.92. The van der Waals surface area contributed by atoms with E-state index in [1.165, 1.54) is 12.8 Å². The van der Waals surface area contributed by atoms with E-state index in [1.54, 1.807) is 7.11 Å². The highest BCUT2D eigenvalue weighted by atomic mass is 16.5. The van der Waals surface area contributed by atoms with Crippen molar-refractivity contribution in [2.75, 3.05) is 7.11 Å². The lowest BCUT2D eigenvalue weighted by Gasteiger charge is -2.00. The van der Waals surface area contributed by atoms with E-state index in [2.05, 4.69) is 6.07 Å². The van der Waals surface area contributed by atoms with Gasteiger partial charge >= 0.3 is 0 Å². The molecule has 0 saturated heterocycles. The van der Waals surface area contributed by atoms with E-state index in [1.807, 2.05) is 0 Å². The summed E-state index contributed by atoms with van der Waals surface area (Å²) in [5, 5.41) is 8.36.